The number of hydrogen-bond acceptors (Lipinski definition) is 4. The third kappa shape index (κ3) is 4.62. The lowest BCUT2D eigenvalue weighted by Crippen LogP contribution is -2.49. The summed E-state index contributed by atoms with van der Waals surface area (Å²) < 4.78 is 18.6. The summed E-state index contributed by atoms with van der Waals surface area (Å²) in [6.07, 6.45) is 2.47. The highest BCUT2D eigenvalue weighted by molar-refractivity contribution is 5.94. The van der Waals surface area contributed by atoms with Gasteiger partial charge in [-0.15, -0.1) is 0 Å². The molecule has 6 nitrogen and oxygen atoms in total. The molecule has 1 heterocycles. The lowest BCUT2D eigenvalue weighted by Gasteiger charge is -2.32. The normalized spacial score (nSPS) is 22.9. The number of nitrogens with zero attached hydrogens (tertiary/aromatic N) is 1. The average Bonchev–Trinajstić information content (AvgIpc) is 2.56. The molecule has 3 atom stereocenters. The lowest BCUT2D eigenvalue weighted by molar-refractivity contribution is -0.132. The second-order valence-electron chi connectivity index (χ2n) is 5.78. The van der Waals surface area contributed by atoms with E-state index < -0.39 is 30.0 Å². The van der Waals surface area contributed by atoms with Crippen molar-refractivity contribution in [3.63, 3.8) is 0 Å². The summed E-state index contributed by atoms with van der Waals surface area (Å²) in [5.74, 6) is -0.904. The van der Waals surface area contributed by atoms with Crippen LogP contribution >= 0.6 is 0 Å². The quantitative estimate of drug-likeness (QED) is 0.777. The van der Waals surface area contributed by atoms with Gasteiger partial charge < -0.3 is 20.1 Å². The molecule has 1 aromatic rings. The Labute approximate surface area is 139 Å². The number of carbonyl (C=O) groups excluding carboxylic acids is 2. The van der Waals surface area contributed by atoms with E-state index in [0.717, 1.165) is 0 Å². The standard InChI is InChI=1S/C17H21FN2O4/c1-20(2)16(22)9-13-7-8-14(15(10-21)24-13)19-17(23)11-3-5-12(18)6-4-11/h3-8,13-15,21H,9-10H2,1-2H3,(H,19,23)/t13-,14-,15-/m0/s1. The number of nitrogens with one attached hydrogen (secondary N) is 1. The van der Waals surface area contributed by atoms with E-state index in [-0.39, 0.29) is 18.9 Å². The molecule has 0 bridgehead atoms. The summed E-state index contributed by atoms with van der Waals surface area (Å²) in [6, 6.07) is 4.64. The monoisotopic (exact) mass is 336 g/mol. The summed E-state index contributed by atoms with van der Waals surface area (Å²) in [5, 5.41) is 12.2. The van der Waals surface area contributed by atoms with E-state index in [1.165, 1.54) is 29.2 Å². The fourth-order valence-electron chi connectivity index (χ4n) is 2.33. The number of halogens is 1. The first-order chi connectivity index (χ1) is 11.4. The second kappa shape index (κ2) is 8.03. The summed E-state index contributed by atoms with van der Waals surface area (Å²) >= 11 is 0. The molecule has 130 valence electrons. The summed E-state index contributed by atoms with van der Waals surface area (Å²) in [4.78, 5) is 25.4. The van der Waals surface area contributed by atoms with Gasteiger partial charge in [-0.25, -0.2) is 4.39 Å². The van der Waals surface area contributed by atoms with E-state index >= 15 is 0 Å². The molecule has 2 amide bonds. The number of carbonyl (C=O) groups is 2. The van der Waals surface area contributed by atoms with Crippen LogP contribution in [0.15, 0.2) is 36.4 Å². The lowest BCUT2D eigenvalue weighted by atomic mass is 10.0. The molecule has 0 saturated heterocycles. The highest BCUT2D eigenvalue weighted by atomic mass is 19.1. The highest BCUT2D eigenvalue weighted by Gasteiger charge is 2.29. The molecule has 0 spiro atoms. The molecule has 0 radical (unpaired) electrons. The van der Waals surface area contributed by atoms with Crippen LogP contribution in [-0.4, -0.2) is 60.8 Å². The van der Waals surface area contributed by atoms with E-state index in [1.54, 1.807) is 26.2 Å². The molecule has 0 fully saturated rings. The van der Waals surface area contributed by atoms with Crippen LogP contribution in [0.3, 0.4) is 0 Å². The molecule has 0 unspecified atom stereocenters. The van der Waals surface area contributed by atoms with E-state index in [2.05, 4.69) is 5.32 Å². The van der Waals surface area contributed by atoms with Crippen LogP contribution in [0.2, 0.25) is 0 Å². The van der Waals surface area contributed by atoms with E-state index in [1.807, 2.05) is 0 Å². The van der Waals surface area contributed by atoms with Gasteiger partial charge in [-0.2, -0.15) is 0 Å². The molecule has 1 aromatic carbocycles. The van der Waals surface area contributed by atoms with Gasteiger partial charge in [0.2, 0.25) is 5.91 Å². The van der Waals surface area contributed by atoms with E-state index in [4.69, 9.17) is 4.74 Å². The molecule has 24 heavy (non-hydrogen) atoms. The number of hydrogen-bond donors (Lipinski definition) is 2. The van der Waals surface area contributed by atoms with Gasteiger partial charge in [-0.1, -0.05) is 12.2 Å². The predicted octanol–water partition coefficient (Wildman–Crippen LogP) is 0.718. The summed E-state index contributed by atoms with van der Waals surface area (Å²) in [6.45, 7) is -0.300. The smallest absolute Gasteiger partial charge is 0.251 e. The van der Waals surface area contributed by atoms with Crippen molar-refractivity contribution in [2.24, 2.45) is 0 Å². The molecule has 2 N–H and O–H groups in total. The van der Waals surface area contributed by atoms with Crippen molar-refractivity contribution in [2.45, 2.75) is 24.7 Å². The Morgan fingerprint density at radius 1 is 1.25 bits per heavy atom. The molecule has 1 aliphatic rings. The third-order valence-corrected chi connectivity index (χ3v) is 3.74. The molecule has 7 heteroatoms. The van der Waals surface area contributed by atoms with Crippen LogP contribution in [0, 0.1) is 5.82 Å². The summed E-state index contributed by atoms with van der Waals surface area (Å²) in [5.41, 5.74) is 0.311. The van der Waals surface area contributed by atoms with Gasteiger partial charge in [0.15, 0.2) is 0 Å². The maximum atomic E-state index is 12.9. The molecule has 2 rings (SSSR count). The Kier molecular flexibility index (Phi) is 6.05. The van der Waals surface area contributed by atoms with Crippen LogP contribution < -0.4 is 5.32 Å². The average molecular weight is 336 g/mol. The Morgan fingerprint density at radius 2 is 1.92 bits per heavy atom. The van der Waals surface area contributed by atoms with Crippen molar-refractivity contribution < 1.29 is 23.8 Å². The molecule has 0 aromatic heterocycles. The van der Waals surface area contributed by atoms with Gasteiger partial charge in [0.05, 0.1) is 25.2 Å². The van der Waals surface area contributed by atoms with Gasteiger partial charge >= 0.3 is 0 Å². The fourth-order valence-corrected chi connectivity index (χ4v) is 2.33. The predicted molar refractivity (Wildman–Crippen MR) is 85.9 cm³/mol. The van der Waals surface area contributed by atoms with Crippen LogP contribution in [-0.2, 0) is 9.53 Å². The minimum absolute atomic E-state index is 0.0878. The zero-order chi connectivity index (χ0) is 17.7. The summed E-state index contributed by atoms with van der Waals surface area (Å²) in [7, 11) is 3.31. The largest absolute Gasteiger partial charge is 0.394 e. The maximum Gasteiger partial charge on any atom is 0.251 e. The minimum atomic E-state index is -0.653. The Bertz CT molecular complexity index is 616. The van der Waals surface area contributed by atoms with Crippen LogP contribution in [0.1, 0.15) is 16.8 Å². The van der Waals surface area contributed by atoms with Crippen molar-refractivity contribution in [3.8, 4) is 0 Å². The number of rotatable bonds is 5. The van der Waals surface area contributed by atoms with Crippen molar-refractivity contribution in [1.29, 1.82) is 0 Å². The second-order valence-corrected chi connectivity index (χ2v) is 5.78. The van der Waals surface area contributed by atoms with Gasteiger partial charge in [-0.05, 0) is 24.3 Å². The van der Waals surface area contributed by atoms with Crippen molar-refractivity contribution in [2.75, 3.05) is 20.7 Å². The first-order valence-electron chi connectivity index (χ1n) is 7.62. The Balaban J connectivity index is 2.01. The minimum Gasteiger partial charge on any atom is -0.394 e. The molecule has 0 aliphatic carbocycles. The van der Waals surface area contributed by atoms with Gasteiger partial charge in [0, 0.05) is 19.7 Å². The zero-order valence-electron chi connectivity index (χ0n) is 13.6. The van der Waals surface area contributed by atoms with Crippen LogP contribution in [0.4, 0.5) is 4.39 Å². The first-order valence-corrected chi connectivity index (χ1v) is 7.62. The van der Waals surface area contributed by atoms with Gasteiger partial charge in [-0.3, -0.25) is 9.59 Å². The van der Waals surface area contributed by atoms with Gasteiger partial charge in [0.1, 0.15) is 11.9 Å². The molecular formula is C17H21FN2O4. The fraction of sp³-hybridized carbons (Fsp3) is 0.412. The molecule has 0 saturated carbocycles. The number of aliphatic hydroxyl groups excluding tert-OH is 1. The maximum absolute atomic E-state index is 12.9. The van der Waals surface area contributed by atoms with Gasteiger partial charge in [0.25, 0.3) is 5.91 Å². The highest BCUT2D eigenvalue weighted by Crippen LogP contribution is 2.17. The first kappa shape index (κ1) is 18.1. The number of amides is 2. The SMILES string of the molecule is CN(C)C(=O)C[C@@H]1C=C[C@H](NC(=O)c2ccc(F)cc2)[C@H](CO)O1. The topological polar surface area (TPSA) is 78.9 Å². The van der Waals surface area contributed by atoms with E-state index in [9.17, 15) is 19.1 Å². The number of benzene rings is 1. The van der Waals surface area contributed by atoms with E-state index in [0.29, 0.717) is 5.56 Å². The number of ether oxygens (including phenoxy) is 1. The van der Waals surface area contributed by atoms with Crippen molar-refractivity contribution in [3.05, 3.63) is 47.8 Å². The Hall–Kier alpha value is -2.25. The van der Waals surface area contributed by atoms with Crippen LogP contribution in [0.5, 0.6) is 0 Å². The van der Waals surface area contributed by atoms with Crippen molar-refractivity contribution >= 4 is 11.8 Å². The zero-order valence-corrected chi connectivity index (χ0v) is 13.6. The van der Waals surface area contributed by atoms with Crippen LogP contribution in [0.25, 0.3) is 0 Å². The third-order valence-electron chi connectivity index (χ3n) is 3.74. The molecular weight excluding hydrogens is 315 g/mol. The molecule has 1 aliphatic heterocycles. The Morgan fingerprint density at radius 3 is 2.50 bits per heavy atom. The van der Waals surface area contributed by atoms with Crippen molar-refractivity contribution in [1.82, 2.24) is 10.2 Å². The number of aliphatic hydroxyl groups is 1.